The maximum Gasteiger partial charge on any atom is 0.418 e. The molecule has 0 heterocycles. The molecular weight excluding hydrogens is 471 g/mol. The zero-order valence-corrected chi connectivity index (χ0v) is 20.3. The molecule has 0 bridgehead atoms. The Morgan fingerprint density at radius 3 is 2.22 bits per heavy atom. The van der Waals surface area contributed by atoms with Gasteiger partial charge in [-0.2, -0.15) is 13.2 Å². The van der Waals surface area contributed by atoms with Gasteiger partial charge in [0.2, 0.25) is 0 Å². The average molecular weight is 500 g/mol. The normalized spacial score (nSPS) is 12.2. The number of hydrogen-bond donors (Lipinski definition) is 2. The van der Waals surface area contributed by atoms with Gasteiger partial charge in [-0.05, 0) is 66.3 Å². The third kappa shape index (κ3) is 6.87. The van der Waals surface area contributed by atoms with Crippen molar-refractivity contribution in [1.29, 1.82) is 0 Å². The third-order valence-corrected chi connectivity index (χ3v) is 5.88. The molecule has 0 radical (unpaired) electrons. The van der Waals surface area contributed by atoms with Crippen molar-refractivity contribution in [2.24, 2.45) is 0 Å². The van der Waals surface area contributed by atoms with Gasteiger partial charge in [0.05, 0.1) is 24.3 Å². The number of halogens is 3. The Bertz CT molecular complexity index is 1220. The molecule has 5 nitrogen and oxygen atoms in total. The molecular formula is C28H28F3NO4. The van der Waals surface area contributed by atoms with Gasteiger partial charge >= 0.3 is 12.1 Å². The Hall–Kier alpha value is -3.81. The number of benzene rings is 3. The van der Waals surface area contributed by atoms with Crippen molar-refractivity contribution >= 4 is 17.6 Å². The molecule has 36 heavy (non-hydrogen) atoms. The number of carboxylic acid groups (broad SMARTS) is 1. The first-order valence-electron chi connectivity index (χ1n) is 11.5. The number of carbonyl (C=O) groups is 2. The summed E-state index contributed by atoms with van der Waals surface area (Å²) in [4.78, 5) is 24.1. The van der Waals surface area contributed by atoms with Crippen LogP contribution in [0.4, 0.5) is 18.9 Å². The van der Waals surface area contributed by atoms with Gasteiger partial charge in [-0.15, -0.1) is 0 Å². The minimum Gasteiger partial charge on any atom is -0.493 e. The second-order valence-corrected chi connectivity index (χ2v) is 8.77. The maximum absolute atomic E-state index is 13.6. The molecule has 0 saturated heterocycles. The second kappa shape index (κ2) is 11.3. The van der Waals surface area contributed by atoms with Crippen LogP contribution in [0.3, 0.4) is 0 Å². The molecule has 0 saturated carbocycles. The lowest BCUT2D eigenvalue weighted by atomic mass is 9.95. The number of aryl methyl sites for hydroxylation is 2. The predicted octanol–water partition coefficient (Wildman–Crippen LogP) is 6.77. The average Bonchev–Trinajstić information content (AvgIpc) is 2.78. The van der Waals surface area contributed by atoms with Gasteiger partial charge in [-0.25, -0.2) is 0 Å². The van der Waals surface area contributed by atoms with Crippen LogP contribution in [-0.4, -0.2) is 23.6 Å². The van der Waals surface area contributed by atoms with Crippen molar-refractivity contribution in [3.05, 3.63) is 94.0 Å². The van der Waals surface area contributed by atoms with Crippen LogP contribution in [0.2, 0.25) is 0 Å². The number of anilines is 1. The van der Waals surface area contributed by atoms with E-state index in [0.717, 1.165) is 11.6 Å². The molecule has 1 atom stereocenters. The topological polar surface area (TPSA) is 75.6 Å². The summed E-state index contributed by atoms with van der Waals surface area (Å²) in [7, 11) is 0. The number of carbonyl (C=O) groups excluding carboxylic acids is 1. The first-order valence-corrected chi connectivity index (χ1v) is 11.5. The van der Waals surface area contributed by atoms with E-state index in [1.807, 2.05) is 30.3 Å². The minimum absolute atomic E-state index is 0.247. The van der Waals surface area contributed by atoms with E-state index in [2.05, 4.69) is 5.32 Å². The van der Waals surface area contributed by atoms with Crippen molar-refractivity contribution in [3.63, 3.8) is 0 Å². The fraction of sp³-hybridized carbons (Fsp3) is 0.286. The van der Waals surface area contributed by atoms with Crippen LogP contribution in [0, 0.1) is 13.8 Å². The van der Waals surface area contributed by atoms with Crippen LogP contribution < -0.4 is 10.1 Å². The van der Waals surface area contributed by atoms with Crippen molar-refractivity contribution in [1.82, 2.24) is 0 Å². The van der Waals surface area contributed by atoms with E-state index in [1.54, 1.807) is 32.9 Å². The van der Waals surface area contributed by atoms with Crippen LogP contribution in [-0.2, 0) is 17.4 Å². The van der Waals surface area contributed by atoms with E-state index < -0.39 is 35.2 Å². The molecule has 0 aliphatic carbocycles. The highest BCUT2D eigenvalue weighted by Crippen LogP contribution is 2.37. The Kier molecular flexibility index (Phi) is 8.40. The molecule has 190 valence electrons. The van der Waals surface area contributed by atoms with Crippen LogP contribution >= 0.6 is 0 Å². The number of amides is 1. The first kappa shape index (κ1) is 26.8. The fourth-order valence-corrected chi connectivity index (χ4v) is 4.08. The van der Waals surface area contributed by atoms with Crippen LogP contribution in [0.1, 0.15) is 57.4 Å². The summed E-state index contributed by atoms with van der Waals surface area (Å²) in [6.07, 6.45) is -4.24. The van der Waals surface area contributed by atoms with E-state index >= 15 is 0 Å². The highest BCUT2D eigenvalue weighted by molar-refractivity contribution is 6.07. The Morgan fingerprint density at radius 2 is 1.64 bits per heavy atom. The van der Waals surface area contributed by atoms with Gasteiger partial charge in [-0.3, -0.25) is 9.59 Å². The molecule has 0 fully saturated rings. The molecule has 3 aromatic carbocycles. The molecule has 0 spiro atoms. The lowest BCUT2D eigenvalue weighted by molar-refractivity contribution is -0.138. The predicted molar refractivity (Wildman–Crippen MR) is 132 cm³/mol. The largest absolute Gasteiger partial charge is 0.493 e. The molecule has 0 aliphatic heterocycles. The molecule has 0 aromatic heterocycles. The Labute approximate surface area is 207 Å². The highest BCUT2D eigenvalue weighted by Gasteiger charge is 2.34. The molecule has 1 unspecified atom stereocenters. The number of hydrogen-bond acceptors (Lipinski definition) is 3. The van der Waals surface area contributed by atoms with E-state index in [0.29, 0.717) is 35.5 Å². The number of carboxylic acids is 1. The van der Waals surface area contributed by atoms with E-state index in [-0.39, 0.29) is 12.0 Å². The zero-order chi connectivity index (χ0) is 26.5. The summed E-state index contributed by atoms with van der Waals surface area (Å²) in [6.45, 7) is 5.43. The van der Waals surface area contributed by atoms with E-state index in [9.17, 15) is 22.8 Å². The second-order valence-electron chi connectivity index (χ2n) is 8.77. The standard InChI is InChI=1S/C28H28F3NO4/c1-17(15-25(33)34)21-9-10-23(28(29,30)31)24(16-21)32-27(35)26-18(2)13-22(14-19(26)3)36-12-11-20-7-5-4-6-8-20/h4-10,13-14,16-17H,11-12,15H2,1-3H3,(H,32,35)(H,33,34). The SMILES string of the molecule is Cc1cc(OCCc2ccccc2)cc(C)c1C(=O)Nc1cc(C(C)CC(=O)O)ccc1C(F)(F)F. The lowest BCUT2D eigenvalue weighted by Crippen LogP contribution is -2.19. The monoisotopic (exact) mass is 499 g/mol. The summed E-state index contributed by atoms with van der Waals surface area (Å²) < 4.78 is 46.7. The summed E-state index contributed by atoms with van der Waals surface area (Å²) in [5.74, 6) is -1.71. The summed E-state index contributed by atoms with van der Waals surface area (Å²) in [6, 6.07) is 16.5. The summed E-state index contributed by atoms with van der Waals surface area (Å²) >= 11 is 0. The fourth-order valence-electron chi connectivity index (χ4n) is 4.08. The van der Waals surface area contributed by atoms with Gasteiger partial charge in [0.25, 0.3) is 5.91 Å². The van der Waals surface area contributed by atoms with Crippen LogP contribution in [0.5, 0.6) is 5.75 Å². The minimum atomic E-state index is -4.70. The van der Waals surface area contributed by atoms with Gasteiger partial charge in [0, 0.05) is 12.0 Å². The number of nitrogens with one attached hydrogen (secondary N) is 1. The quantitative estimate of drug-likeness (QED) is 0.341. The molecule has 2 N–H and O–H groups in total. The van der Waals surface area contributed by atoms with Crippen molar-refractivity contribution in [2.45, 2.75) is 45.7 Å². The number of ether oxygens (including phenoxy) is 1. The smallest absolute Gasteiger partial charge is 0.418 e. The third-order valence-electron chi connectivity index (χ3n) is 5.88. The van der Waals surface area contributed by atoms with Crippen LogP contribution in [0.15, 0.2) is 60.7 Å². The zero-order valence-electron chi connectivity index (χ0n) is 20.3. The Balaban J connectivity index is 1.81. The molecule has 1 amide bonds. The van der Waals surface area contributed by atoms with Gasteiger partial charge < -0.3 is 15.2 Å². The van der Waals surface area contributed by atoms with Gasteiger partial charge in [0.1, 0.15) is 5.75 Å². The number of rotatable bonds is 9. The number of aliphatic carboxylic acids is 1. The van der Waals surface area contributed by atoms with Crippen molar-refractivity contribution < 1.29 is 32.6 Å². The number of alkyl halides is 3. The van der Waals surface area contributed by atoms with Crippen LogP contribution in [0.25, 0.3) is 0 Å². The first-order chi connectivity index (χ1) is 17.0. The maximum atomic E-state index is 13.6. The van der Waals surface area contributed by atoms with Crippen molar-refractivity contribution in [3.8, 4) is 5.75 Å². The molecule has 8 heteroatoms. The van der Waals surface area contributed by atoms with Gasteiger partial charge in [0.15, 0.2) is 0 Å². The van der Waals surface area contributed by atoms with E-state index in [4.69, 9.17) is 9.84 Å². The highest BCUT2D eigenvalue weighted by atomic mass is 19.4. The molecule has 3 rings (SSSR count). The summed E-state index contributed by atoms with van der Waals surface area (Å²) in [5, 5.41) is 11.4. The lowest BCUT2D eigenvalue weighted by Gasteiger charge is -2.19. The molecule has 3 aromatic rings. The van der Waals surface area contributed by atoms with Crippen molar-refractivity contribution in [2.75, 3.05) is 11.9 Å². The van der Waals surface area contributed by atoms with Gasteiger partial charge in [-0.1, -0.05) is 43.3 Å². The molecule has 0 aliphatic rings. The van der Waals surface area contributed by atoms with E-state index in [1.165, 1.54) is 12.1 Å². The Morgan fingerprint density at radius 1 is 1.00 bits per heavy atom. The summed E-state index contributed by atoms with van der Waals surface area (Å²) in [5.41, 5.74) is 1.47.